The number of sulfone groups is 1. The van der Waals surface area contributed by atoms with E-state index < -0.39 is 9.84 Å². The highest BCUT2D eigenvalue weighted by atomic mass is 32.2. The van der Waals surface area contributed by atoms with Gasteiger partial charge < -0.3 is 4.90 Å². The predicted octanol–water partition coefficient (Wildman–Crippen LogP) is 2.50. The lowest BCUT2D eigenvalue weighted by Gasteiger charge is -2.25. The highest BCUT2D eigenvalue weighted by Crippen LogP contribution is 2.22. The zero-order valence-corrected chi connectivity index (χ0v) is 16.1. The summed E-state index contributed by atoms with van der Waals surface area (Å²) in [5.74, 6) is -0.178. The first kappa shape index (κ1) is 18.8. The van der Waals surface area contributed by atoms with E-state index in [9.17, 15) is 13.2 Å². The van der Waals surface area contributed by atoms with Gasteiger partial charge >= 0.3 is 0 Å². The van der Waals surface area contributed by atoms with Gasteiger partial charge in [-0.3, -0.25) is 4.79 Å². The van der Waals surface area contributed by atoms with Crippen molar-refractivity contribution >= 4 is 15.7 Å². The number of hydrogen-bond acceptors (Lipinski definition) is 5. The number of amides is 1. The van der Waals surface area contributed by atoms with Gasteiger partial charge in [-0.05, 0) is 48.9 Å². The molecular weight excluding hydrogens is 364 g/mol. The van der Waals surface area contributed by atoms with Crippen LogP contribution in [0.25, 0.3) is 5.69 Å². The molecule has 0 aliphatic rings. The Hall–Kier alpha value is -3.00. The molecule has 27 heavy (non-hydrogen) atoms. The van der Waals surface area contributed by atoms with Crippen molar-refractivity contribution in [1.29, 1.82) is 0 Å². The lowest BCUT2D eigenvalue weighted by atomic mass is 10.1. The summed E-state index contributed by atoms with van der Waals surface area (Å²) in [6.07, 6.45) is 4.23. The average Bonchev–Trinajstić information content (AvgIpc) is 3.20. The molecule has 1 atom stereocenters. The van der Waals surface area contributed by atoms with E-state index in [1.54, 1.807) is 23.0 Å². The topological polar surface area (TPSA) is 85.2 Å². The summed E-state index contributed by atoms with van der Waals surface area (Å²) >= 11 is 0. The van der Waals surface area contributed by atoms with Crippen LogP contribution in [0.1, 0.15) is 28.9 Å². The molecule has 0 N–H and O–H groups in total. The maximum absolute atomic E-state index is 12.7. The first-order chi connectivity index (χ1) is 12.8. The van der Waals surface area contributed by atoms with Crippen LogP contribution in [0.4, 0.5) is 0 Å². The maximum atomic E-state index is 12.7. The molecule has 0 saturated heterocycles. The van der Waals surface area contributed by atoms with E-state index in [2.05, 4.69) is 10.1 Å². The van der Waals surface area contributed by atoms with Gasteiger partial charge in [0.15, 0.2) is 9.84 Å². The molecule has 140 valence electrons. The predicted molar refractivity (Wildman–Crippen MR) is 101 cm³/mol. The summed E-state index contributed by atoms with van der Waals surface area (Å²) in [6.45, 7) is 1.94. The van der Waals surface area contributed by atoms with Crippen LogP contribution in [0.5, 0.6) is 0 Å². The Balaban J connectivity index is 1.76. The van der Waals surface area contributed by atoms with Crippen molar-refractivity contribution in [3.63, 3.8) is 0 Å². The highest BCUT2D eigenvalue weighted by Gasteiger charge is 2.19. The summed E-state index contributed by atoms with van der Waals surface area (Å²) in [7, 11) is -1.56. The van der Waals surface area contributed by atoms with Crippen molar-refractivity contribution in [1.82, 2.24) is 19.7 Å². The van der Waals surface area contributed by atoms with Crippen LogP contribution >= 0.6 is 0 Å². The normalized spacial score (nSPS) is 12.6. The van der Waals surface area contributed by atoms with Gasteiger partial charge in [0, 0.05) is 18.9 Å². The Morgan fingerprint density at radius 1 is 1.07 bits per heavy atom. The van der Waals surface area contributed by atoms with E-state index in [1.807, 2.05) is 31.2 Å². The minimum absolute atomic E-state index is 0.156. The van der Waals surface area contributed by atoms with Crippen LogP contribution < -0.4 is 0 Å². The van der Waals surface area contributed by atoms with Crippen molar-refractivity contribution < 1.29 is 13.2 Å². The number of hydrogen-bond donors (Lipinski definition) is 0. The molecule has 0 aliphatic carbocycles. The second-order valence-corrected chi connectivity index (χ2v) is 8.34. The fourth-order valence-electron chi connectivity index (χ4n) is 2.69. The molecule has 2 aromatic carbocycles. The van der Waals surface area contributed by atoms with Crippen molar-refractivity contribution in [3.8, 4) is 5.69 Å². The lowest BCUT2D eigenvalue weighted by molar-refractivity contribution is 0.0742. The van der Waals surface area contributed by atoms with E-state index in [-0.39, 0.29) is 16.8 Å². The van der Waals surface area contributed by atoms with Crippen LogP contribution in [-0.2, 0) is 9.84 Å². The summed E-state index contributed by atoms with van der Waals surface area (Å²) in [4.78, 5) is 18.5. The molecule has 0 aliphatic heterocycles. The zero-order valence-electron chi connectivity index (χ0n) is 15.3. The highest BCUT2D eigenvalue weighted by molar-refractivity contribution is 7.90. The summed E-state index contributed by atoms with van der Waals surface area (Å²) in [5, 5.41) is 4.09. The number of nitrogens with zero attached hydrogens (tertiary/aromatic N) is 4. The lowest BCUT2D eigenvalue weighted by Crippen LogP contribution is -2.29. The van der Waals surface area contributed by atoms with Gasteiger partial charge in [-0.1, -0.05) is 12.1 Å². The van der Waals surface area contributed by atoms with Crippen molar-refractivity contribution in [2.24, 2.45) is 0 Å². The Labute approximate surface area is 158 Å². The average molecular weight is 384 g/mol. The van der Waals surface area contributed by atoms with E-state index in [1.165, 1.54) is 30.6 Å². The van der Waals surface area contributed by atoms with Gasteiger partial charge in [-0.25, -0.2) is 18.1 Å². The molecule has 1 amide bonds. The SMILES string of the molecule is C[C@@H](c1ccc(-n2cncn2)cc1)N(C)C(=O)c1ccc(S(C)(=O)=O)cc1. The molecule has 0 fully saturated rings. The first-order valence-electron chi connectivity index (χ1n) is 8.29. The molecule has 8 heteroatoms. The van der Waals surface area contributed by atoms with Gasteiger partial charge in [-0.2, -0.15) is 5.10 Å². The van der Waals surface area contributed by atoms with Crippen LogP contribution in [0.3, 0.4) is 0 Å². The van der Waals surface area contributed by atoms with Gasteiger partial charge in [0.1, 0.15) is 12.7 Å². The number of benzene rings is 2. The zero-order chi connectivity index (χ0) is 19.6. The van der Waals surface area contributed by atoms with Gasteiger partial charge in [0.2, 0.25) is 0 Å². The van der Waals surface area contributed by atoms with E-state index in [0.717, 1.165) is 17.5 Å². The molecule has 0 saturated carbocycles. The number of carbonyl (C=O) groups is 1. The monoisotopic (exact) mass is 384 g/mol. The number of rotatable bonds is 5. The molecular formula is C19H20N4O3S. The van der Waals surface area contributed by atoms with Crippen molar-refractivity contribution in [2.45, 2.75) is 17.9 Å². The van der Waals surface area contributed by atoms with E-state index in [4.69, 9.17) is 0 Å². The third-order valence-electron chi connectivity index (χ3n) is 4.49. The van der Waals surface area contributed by atoms with Gasteiger partial charge in [0.25, 0.3) is 5.91 Å². The molecule has 3 rings (SSSR count). The van der Waals surface area contributed by atoms with Crippen LogP contribution in [-0.4, -0.2) is 47.3 Å². The largest absolute Gasteiger partial charge is 0.335 e. The third kappa shape index (κ3) is 4.06. The van der Waals surface area contributed by atoms with Crippen LogP contribution in [0.15, 0.2) is 66.1 Å². The molecule has 7 nitrogen and oxygen atoms in total. The number of aromatic nitrogens is 3. The van der Waals surface area contributed by atoms with E-state index >= 15 is 0 Å². The second-order valence-electron chi connectivity index (χ2n) is 6.32. The molecule has 0 bridgehead atoms. The molecule has 0 radical (unpaired) electrons. The van der Waals surface area contributed by atoms with Gasteiger partial charge in [0.05, 0.1) is 16.6 Å². The van der Waals surface area contributed by atoms with Gasteiger partial charge in [-0.15, -0.1) is 0 Å². The van der Waals surface area contributed by atoms with Crippen molar-refractivity contribution in [2.75, 3.05) is 13.3 Å². The third-order valence-corrected chi connectivity index (χ3v) is 5.62. The summed E-state index contributed by atoms with van der Waals surface area (Å²) < 4.78 is 24.8. The van der Waals surface area contributed by atoms with E-state index in [0.29, 0.717) is 5.56 Å². The Kier molecular flexibility index (Phi) is 5.09. The van der Waals surface area contributed by atoms with Crippen LogP contribution in [0, 0.1) is 0 Å². The Bertz CT molecular complexity index is 1030. The second kappa shape index (κ2) is 7.32. The molecule has 0 spiro atoms. The molecule has 3 aromatic rings. The molecule has 1 aromatic heterocycles. The minimum atomic E-state index is -3.28. The molecule has 0 unspecified atom stereocenters. The standard InChI is InChI=1S/C19H20N4O3S/c1-14(15-4-8-17(9-5-15)23-13-20-12-21-23)22(2)19(24)16-6-10-18(11-7-16)27(3,25)26/h4-14H,1-3H3/t14-/m0/s1. The Morgan fingerprint density at radius 3 is 2.22 bits per heavy atom. The van der Waals surface area contributed by atoms with Crippen LogP contribution in [0.2, 0.25) is 0 Å². The molecule has 1 heterocycles. The summed E-state index contributed by atoms with van der Waals surface area (Å²) in [5.41, 5.74) is 2.30. The fourth-order valence-corrected chi connectivity index (χ4v) is 3.33. The first-order valence-corrected chi connectivity index (χ1v) is 10.2. The van der Waals surface area contributed by atoms with Crippen molar-refractivity contribution in [3.05, 3.63) is 72.3 Å². The number of carbonyl (C=O) groups excluding carboxylic acids is 1. The minimum Gasteiger partial charge on any atom is -0.335 e. The quantitative estimate of drug-likeness (QED) is 0.675. The smallest absolute Gasteiger partial charge is 0.254 e. The Morgan fingerprint density at radius 2 is 1.70 bits per heavy atom. The summed E-state index contributed by atoms with van der Waals surface area (Å²) in [6, 6.07) is 13.5. The maximum Gasteiger partial charge on any atom is 0.254 e. The fraction of sp³-hybridized carbons (Fsp3) is 0.211.